The highest BCUT2D eigenvalue weighted by Crippen LogP contribution is 2.55. The van der Waals surface area contributed by atoms with Crippen molar-refractivity contribution in [3.63, 3.8) is 0 Å². The van der Waals surface area contributed by atoms with Crippen LogP contribution in [0.3, 0.4) is 0 Å². The van der Waals surface area contributed by atoms with Crippen LogP contribution in [0.4, 0.5) is 0 Å². The van der Waals surface area contributed by atoms with Gasteiger partial charge >= 0.3 is 0 Å². The van der Waals surface area contributed by atoms with Crippen molar-refractivity contribution in [2.24, 2.45) is 17.3 Å². The summed E-state index contributed by atoms with van der Waals surface area (Å²) in [6.07, 6.45) is 11.8. The molecule has 19 heavy (non-hydrogen) atoms. The standard InChI is InChI=1S/C18H33N/c1-13(2)19-16-11-7-5-9-14(16)18(3,4)15-10-6-8-12-17(15)19/h13-17H,5-12H2,1-4H3. The van der Waals surface area contributed by atoms with Gasteiger partial charge in [0, 0.05) is 18.1 Å². The molecule has 3 fully saturated rings. The normalized spacial score (nSPS) is 42.8. The van der Waals surface area contributed by atoms with Crippen LogP contribution in [0, 0.1) is 17.3 Å². The van der Waals surface area contributed by atoms with Crippen LogP contribution in [0.5, 0.6) is 0 Å². The van der Waals surface area contributed by atoms with E-state index in [9.17, 15) is 0 Å². The Bertz CT molecular complexity index is 294. The average Bonchev–Trinajstić information content (AvgIpc) is 2.39. The van der Waals surface area contributed by atoms with Gasteiger partial charge in [-0.2, -0.15) is 0 Å². The molecule has 1 aliphatic heterocycles. The fourth-order valence-corrected chi connectivity index (χ4v) is 5.96. The topological polar surface area (TPSA) is 3.24 Å². The summed E-state index contributed by atoms with van der Waals surface area (Å²) in [7, 11) is 0. The van der Waals surface area contributed by atoms with Crippen LogP contribution in [-0.2, 0) is 0 Å². The molecule has 110 valence electrons. The smallest absolute Gasteiger partial charge is 0.0134 e. The van der Waals surface area contributed by atoms with Crippen LogP contribution in [-0.4, -0.2) is 23.0 Å². The summed E-state index contributed by atoms with van der Waals surface area (Å²) in [4.78, 5) is 2.97. The molecule has 0 radical (unpaired) electrons. The van der Waals surface area contributed by atoms with E-state index < -0.39 is 0 Å². The van der Waals surface area contributed by atoms with E-state index in [1.165, 1.54) is 51.4 Å². The fraction of sp³-hybridized carbons (Fsp3) is 1.00. The number of nitrogens with zero attached hydrogens (tertiary/aromatic N) is 1. The minimum atomic E-state index is 0.585. The molecule has 0 bridgehead atoms. The highest BCUT2D eigenvalue weighted by molar-refractivity contribution is 5.06. The quantitative estimate of drug-likeness (QED) is 0.653. The van der Waals surface area contributed by atoms with Crippen molar-refractivity contribution in [2.75, 3.05) is 0 Å². The maximum Gasteiger partial charge on any atom is 0.0134 e. The first-order valence-corrected chi connectivity index (χ1v) is 8.81. The third-order valence-electron chi connectivity index (χ3n) is 6.73. The first-order chi connectivity index (χ1) is 9.03. The molecule has 3 aliphatic rings. The van der Waals surface area contributed by atoms with Gasteiger partial charge in [-0.25, -0.2) is 0 Å². The van der Waals surface area contributed by atoms with E-state index in [-0.39, 0.29) is 0 Å². The number of hydrogen-bond acceptors (Lipinski definition) is 1. The molecule has 0 spiro atoms. The molecular formula is C18H33N. The molecule has 4 unspecified atom stereocenters. The van der Waals surface area contributed by atoms with E-state index in [1.54, 1.807) is 0 Å². The van der Waals surface area contributed by atoms with Gasteiger partial charge in [0.15, 0.2) is 0 Å². The molecule has 3 rings (SSSR count). The second kappa shape index (κ2) is 5.06. The summed E-state index contributed by atoms with van der Waals surface area (Å²) >= 11 is 0. The van der Waals surface area contributed by atoms with Crippen molar-refractivity contribution in [1.82, 2.24) is 4.90 Å². The zero-order chi connectivity index (χ0) is 13.6. The zero-order valence-corrected chi connectivity index (χ0v) is 13.5. The van der Waals surface area contributed by atoms with E-state index in [1.807, 2.05) is 0 Å². The van der Waals surface area contributed by atoms with Gasteiger partial charge in [-0.05, 0) is 56.8 Å². The van der Waals surface area contributed by atoms with Crippen LogP contribution in [0.15, 0.2) is 0 Å². The molecule has 2 saturated carbocycles. The largest absolute Gasteiger partial charge is 0.294 e. The minimum Gasteiger partial charge on any atom is -0.294 e. The van der Waals surface area contributed by atoms with Crippen molar-refractivity contribution in [1.29, 1.82) is 0 Å². The molecule has 1 heteroatoms. The Morgan fingerprint density at radius 2 is 1.21 bits per heavy atom. The molecule has 0 aromatic heterocycles. The maximum atomic E-state index is 2.97. The van der Waals surface area contributed by atoms with Crippen molar-refractivity contribution < 1.29 is 0 Å². The lowest BCUT2D eigenvalue weighted by Gasteiger charge is -2.62. The Morgan fingerprint density at radius 1 is 0.789 bits per heavy atom. The van der Waals surface area contributed by atoms with Crippen LogP contribution in [0.1, 0.15) is 79.1 Å². The third kappa shape index (κ3) is 2.17. The highest BCUT2D eigenvalue weighted by atomic mass is 15.2. The lowest BCUT2D eigenvalue weighted by molar-refractivity contribution is -0.132. The fourth-order valence-electron chi connectivity index (χ4n) is 5.96. The van der Waals surface area contributed by atoms with Gasteiger partial charge in [-0.15, -0.1) is 0 Å². The molecule has 2 aliphatic carbocycles. The van der Waals surface area contributed by atoms with Crippen LogP contribution < -0.4 is 0 Å². The third-order valence-corrected chi connectivity index (χ3v) is 6.73. The Labute approximate surface area is 120 Å². The van der Waals surface area contributed by atoms with Gasteiger partial charge in [0.2, 0.25) is 0 Å². The molecular weight excluding hydrogens is 230 g/mol. The molecule has 0 N–H and O–H groups in total. The first-order valence-electron chi connectivity index (χ1n) is 8.81. The Balaban J connectivity index is 1.96. The molecule has 0 amide bonds. The van der Waals surface area contributed by atoms with Gasteiger partial charge in [0.25, 0.3) is 0 Å². The monoisotopic (exact) mass is 263 g/mol. The van der Waals surface area contributed by atoms with Crippen LogP contribution >= 0.6 is 0 Å². The van der Waals surface area contributed by atoms with E-state index in [4.69, 9.17) is 0 Å². The SMILES string of the molecule is CC(C)N1C2CCCCC2C(C)(C)C2CCCCC21. The molecule has 1 nitrogen and oxygen atoms in total. The summed E-state index contributed by atoms with van der Waals surface area (Å²) in [5.41, 5.74) is 0.585. The number of hydrogen-bond donors (Lipinski definition) is 0. The zero-order valence-electron chi connectivity index (χ0n) is 13.5. The van der Waals surface area contributed by atoms with Crippen LogP contribution in [0.25, 0.3) is 0 Å². The Hall–Kier alpha value is -0.0400. The summed E-state index contributed by atoms with van der Waals surface area (Å²) in [5, 5.41) is 0. The molecule has 0 aromatic carbocycles. The van der Waals surface area contributed by atoms with Crippen molar-refractivity contribution in [2.45, 2.75) is 97.2 Å². The average molecular weight is 263 g/mol. The molecule has 0 aromatic rings. The van der Waals surface area contributed by atoms with Crippen LogP contribution in [0.2, 0.25) is 0 Å². The van der Waals surface area contributed by atoms with Crippen molar-refractivity contribution in [3.05, 3.63) is 0 Å². The Morgan fingerprint density at radius 3 is 1.63 bits per heavy atom. The number of rotatable bonds is 1. The predicted octanol–water partition coefficient (Wildman–Crippen LogP) is 4.85. The van der Waals surface area contributed by atoms with Crippen molar-refractivity contribution in [3.8, 4) is 0 Å². The van der Waals surface area contributed by atoms with Crippen molar-refractivity contribution >= 4 is 0 Å². The van der Waals surface area contributed by atoms with E-state index in [0.29, 0.717) is 5.41 Å². The van der Waals surface area contributed by atoms with Gasteiger partial charge in [-0.3, -0.25) is 4.90 Å². The number of piperidine rings is 1. The summed E-state index contributed by atoms with van der Waals surface area (Å²) in [6.45, 7) is 10.1. The summed E-state index contributed by atoms with van der Waals surface area (Å²) in [6, 6.07) is 2.53. The highest BCUT2D eigenvalue weighted by Gasteiger charge is 2.54. The Kier molecular flexibility index (Phi) is 3.71. The summed E-state index contributed by atoms with van der Waals surface area (Å²) < 4.78 is 0. The summed E-state index contributed by atoms with van der Waals surface area (Å²) in [5.74, 6) is 1.92. The van der Waals surface area contributed by atoms with E-state index in [0.717, 1.165) is 30.0 Å². The minimum absolute atomic E-state index is 0.585. The number of likely N-dealkylation sites (tertiary alicyclic amines) is 1. The van der Waals surface area contributed by atoms with E-state index in [2.05, 4.69) is 32.6 Å². The maximum absolute atomic E-state index is 2.97. The van der Waals surface area contributed by atoms with Gasteiger partial charge in [0.1, 0.15) is 0 Å². The van der Waals surface area contributed by atoms with Gasteiger partial charge < -0.3 is 0 Å². The lowest BCUT2D eigenvalue weighted by atomic mass is 9.54. The van der Waals surface area contributed by atoms with Gasteiger partial charge in [0.05, 0.1) is 0 Å². The lowest BCUT2D eigenvalue weighted by Crippen LogP contribution is -2.65. The first kappa shape index (κ1) is 13.9. The van der Waals surface area contributed by atoms with E-state index >= 15 is 0 Å². The second-order valence-corrected chi connectivity index (χ2v) is 8.28. The number of fused-ring (bicyclic) bond motifs is 2. The molecule has 4 atom stereocenters. The second-order valence-electron chi connectivity index (χ2n) is 8.28. The predicted molar refractivity (Wildman–Crippen MR) is 82.2 cm³/mol. The molecule has 1 saturated heterocycles. The van der Waals surface area contributed by atoms with Gasteiger partial charge in [-0.1, -0.05) is 39.5 Å². The molecule has 1 heterocycles.